The molecule has 0 bridgehead atoms. The predicted octanol–water partition coefficient (Wildman–Crippen LogP) is 2.89. The number of benzene rings is 1. The lowest BCUT2D eigenvalue weighted by molar-refractivity contribution is 0.252. The Morgan fingerprint density at radius 3 is 2.69 bits per heavy atom. The number of nitriles is 1. The molecule has 1 aromatic carbocycles. The maximum atomic E-state index is 12.0. The molecule has 0 fully saturated rings. The van der Waals surface area contributed by atoms with E-state index in [0.29, 0.717) is 22.3 Å². The maximum Gasteiger partial charge on any atom is 0.288 e. The third-order valence-electron chi connectivity index (χ3n) is 1.29. The molecule has 1 rings (SSSR count). The van der Waals surface area contributed by atoms with Gasteiger partial charge in [0.1, 0.15) is 0 Å². The fourth-order valence-electron chi connectivity index (χ4n) is 0.829. The molecule has 0 saturated heterocycles. The van der Waals surface area contributed by atoms with Crippen LogP contribution >= 0.6 is 11.8 Å². The normalized spacial score (nSPS) is 9.69. The van der Waals surface area contributed by atoms with Gasteiger partial charge < -0.3 is 0 Å². The first-order valence-electron chi connectivity index (χ1n) is 3.43. The molecular weight excluding hydrogens is 194 g/mol. The van der Waals surface area contributed by atoms with E-state index in [2.05, 4.69) is 5.32 Å². The molecule has 1 aromatic rings. The highest BCUT2D eigenvalue weighted by atomic mass is 32.2. The van der Waals surface area contributed by atoms with Crippen LogP contribution in [-0.4, -0.2) is 5.76 Å². The van der Waals surface area contributed by atoms with Crippen LogP contribution in [-0.2, 0) is 0 Å². The molecule has 0 heterocycles. The Balaban J connectivity index is 2.85. The van der Waals surface area contributed by atoms with Gasteiger partial charge in [0.05, 0.1) is 5.69 Å². The SMILES string of the molecule is N#CNc1ccccc1SC(F)F. The van der Waals surface area contributed by atoms with Gasteiger partial charge in [-0.2, -0.15) is 14.0 Å². The summed E-state index contributed by atoms with van der Waals surface area (Å²) in [7, 11) is 0. The first kappa shape index (κ1) is 9.81. The van der Waals surface area contributed by atoms with Gasteiger partial charge in [-0.15, -0.1) is 0 Å². The zero-order valence-electron chi connectivity index (χ0n) is 6.50. The molecule has 0 unspecified atom stereocenters. The second kappa shape index (κ2) is 4.67. The molecule has 13 heavy (non-hydrogen) atoms. The van der Waals surface area contributed by atoms with Crippen molar-refractivity contribution < 1.29 is 8.78 Å². The van der Waals surface area contributed by atoms with Gasteiger partial charge in [-0.1, -0.05) is 23.9 Å². The Morgan fingerprint density at radius 2 is 2.08 bits per heavy atom. The highest BCUT2D eigenvalue weighted by Crippen LogP contribution is 2.31. The summed E-state index contributed by atoms with van der Waals surface area (Å²) in [5, 5.41) is 10.7. The fraction of sp³-hybridized carbons (Fsp3) is 0.125. The first-order valence-corrected chi connectivity index (χ1v) is 4.31. The van der Waals surface area contributed by atoms with Gasteiger partial charge in [0.15, 0.2) is 6.19 Å². The number of nitrogens with zero attached hydrogens (tertiary/aromatic N) is 1. The van der Waals surface area contributed by atoms with E-state index >= 15 is 0 Å². The van der Waals surface area contributed by atoms with Gasteiger partial charge in [-0.25, -0.2) is 0 Å². The van der Waals surface area contributed by atoms with Crippen LogP contribution in [0.3, 0.4) is 0 Å². The molecule has 0 atom stereocenters. The van der Waals surface area contributed by atoms with Crippen molar-refractivity contribution in [3.63, 3.8) is 0 Å². The van der Waals surface area contributed by atoms with Gasteiger partial charge in [-0.05, 0) is 12.1 Å². The Labute approximate surface area is 78.6 Å². The molecule has 0 aliphatic carbocycles. The second-order valence-electron chi connectivity index (χ2n) is 2.11. The number of para-hydroxylation sites is 1. The molecule has 68 valence electrons. The van der Waals surface area contributed by atoms with E-state index in [1.807, 2.05) is 0 Å². The lowest BCUT2D eigenvalue weighted by Crippen LogP contribution is -1.91. The Kier molecular flexibility index (Phi) is 3.53. The third-order valence-corrected chi connectivity index (χ3v) is 2.08. The number of thioether (sulfide) groups is 1. The largest absolute Gasteiger partial charge is 0.292 e. The van der Waals surface area contributed by atoms with Gasteiger partial charge in [0.25, 0.3) is 5.76 Å². The van der Waals surface area contributed by atoms with E-state index in [1.165, 1.54) is 6.07 Å². The van der Waals surface area contributed by atoms with E-state index in [1.54, 1.807) is 24.4 Å². The van der Waals surface area contributed by atoms with Gasteiger partial charge in [-0.3, -0.25) is 5.32 Å². The van der Waals surface area contributed by atoms with Crippen LogP contribution in [0.1, 0.15) is 0 Å². The van der Waals surface area contributed by atoms with Crippen molar-refractivity contribution in [2.45, 2.75) is 10.7 Å². The number of nitrogens with one attached hydrogen (secondary N) is 1. The third kappa shape index (κ3) is 2.92. The van der Waals surface area contributed by atoms with E-state index in [-0.39, 0.29) is 0 Å². The Hall–Kier alpha value is -1.28. The summed E-state index contributed by atoms with van der Waals surface area (Å²) >= 11 is 0.418. The summed E-state index contributed by atoms with van der Waals surface area (Å²) in [4.78, 5) is 0.374. The number of hydrogen-bond acceptors (Lipinski definition) is 3. The molecule has 0 amide bonds. The first-order chi connectivity index (χ1) is 6.24. The highest BCUT2D eigenvalue weighted by molar-refractivity contribution is 7.99. The Bertz CT molecular complexity index is 322. The van der Waals surface area contributed by atoms with Crippen LogP contribution in [0, 0.1) is 11.5 Å². The topological polar surface area (TPSA) is 35.8 Å². The minimum atomic E-state index is -2.47. The quantitative estimate of drug-likeness (QED) is 0.463. The minimum Gasteiger partial charge on any atom is -0.292 e. The molecule has 1 N–H and O–H groups in total. The van der Waals surface area contributed by atoms with Crippen molar-refractivity contribution in [2.24, 2.45) is 0 Å². The van der Waals surface area contributed by atoms with Crippen molar-refractivity contribution in [2.75, 3.05) is 5.32 Å². The Morgan fingerprint density at radius 1 is 1.38 bits per heavy atom. The second-order valence-corrected chi connectivity index (χ2v) is 3.14. The van der Waals surface area contributed by atoms with E-state index in [0.717, 1.165) is 0 Å². The standard InChI is InChI=1S/C8H6F2N2S/c9-8(10)13-7-4-2-1-3-6(7)12-5-11/h1-4,8,12H. The van der Waals surface area contributed by atoms with Crippen molar-refractivity contribution in [3.05, 3.63) is 24.3 Å². The monoisotopic (exact) mass is 200 g/mol. The molecule has 5 heteroatoms. The lowest BCUT2D eigenvalue weighted by Gasteiger charge is -2.04. The average Bonchev–Trinajstić information content (AvgIpc) is 2.08. The molecule has 0 aliphatic rings. The zero-order chi connectivity index (χ0) is 9.68. The molecular formula is C8H6F2N2S. The smallest absolute Gasteiger partial charge is 0.288 e. The minimum absolute atomic E-state index is 0.374. The molecule has 0 radical (unpaired) electrons. The molecule has 0 aromatic heterocycles. The summed E-state index contributed by atoms with van der Waals surface area (Å²) in [5.41, 5.74) is 0.412. The summed E-state index contributed by atoms with van der Waals surface area (Å²) in [6.07, 6.45) is 1.69. The maximum absolute atomic E-state index is 12.0. The number of anilines is 1. The summed E-state index contributed by atoms with van der Waals surface area (Å²) < 4.78 is 24.0. The summed E-state index contributed by atoms with van der Waals surface area (Å²) in [5.74, 6) is -2.47. The van der Waals surface area contributed by atoms with Crippen molar-refractivity contribution in [1.82, 2.24) is 0 Å². The number of alkyl halides is 2. The van der Waals surface area contributed by atoms with Gasteiger partial charge in [0.2, 0.25) is 0 Å². The number of rotatable bonds is 3. The molecule has 0 aliphatic heterocycles. The van der Waals surface area contributed by atoms with E-state index in [9.17, 15) is 8.78 Å². The van der Waals surface area contributed by atoms with Crippen LogP contribution in [0.15, 0.2) is 29.2 Å². The van der Waals surface area contributed by atoms with Gasteiger partial charge in [0, 0.05) is 4.90 Å². The van der Waals surface area contributed by atoms with Crippen molar-refractivity contribution >= 4 is 17.4 Å². The fourth-order valence-corrected chi connectivity index (χ4v) is 1.42. The lowest BCUT2D eigenvalue weighted by atomic mass is 10.3. The summed E-state index contributed by atoms with van der Waals surface area (Å²) in [6.45, 7) is 0. The van der Waals surface area contributed by atoms with E-state index < -0.39 is 5.76 Å². The predicted molar refractivity (Wildman–Crippen MR) is 47.5 cm³/mol. The molecule has 0 saturated carbocycles. The average molecular weight is 200 g/mol. The van der Waals surface area contributed by atoms with Crippen LogP contribution in [0.25, 0.3) is 0 Å². The van der Waals surface area contributed by atoms with Crippen LogP contribution in [0.5, 0.6) is 0 Å². The summed E-state index contributed by atoms with van der Waals surface area (Å²) in [6, 6.07) is 6.44. The van der Waals surface area contributed by atoms with Crippen LogP contribution < -0.4 is 5.32 Å². The van der Waals surface area contributed by atoms with Crippen LogP contribution in [0.4, 0.5) is 14.5 Å². The van der Waals surface area contributed by atoms with Crippen molar-refractivity contribution in [1.29, 1.82) is 5.26 Å². The van der Waals surface area contributed by atoms with Crippen molar-refractivity contribution in [3.8, 4) is 6.19 Å². The zero-order valence-corrected chi connectivity index (χ0v) is 7.31. The number of halogens is 2. The molecule has 2 nitrogen and oxygen atoms in total. The van der Waals surface area contributed by atoms with Gasteiger partial charge >= 0.3 is 0 Å². The van der Waals surface area contributed by atoms with Crippen LogP contribution in [0.2, 0.25) is 0 Å². The van der Waals surface area contributed by atoms with E-state index in [4.69, 9.17) is 5.26 Å². The number of hydrogen-bond donors (Lipinski definition) is 1. The highest BCUT2D eigenvalue weighted by Gasteiger charge is 2.08. The molecule has 0 spiro atoms.